The molecule has 4 nitrogen and oxygen atoms in total. The molecule has 0 saturated heterocycles. The van der Waals surface area contributed by atoms with Crippen LogP contribution in [0.25, 0.3) is 11.3 Å². The molecule has 0 fully saturated rings. The maximum absolute atomic E-state index is 12.3. The zero-order chi connectivity index (χ0) is 18.7. The number of esters is 1. The summed E-state index contributed by atoms with van der Waals surface area (Å²) in [5.74, 6) is 0.505. The maximum Gasteiger partial charge on any atom is 0.340 e. The highest BCUT2D eigenvalue weighted by atomic mass is 16.5. The number of hydrogen-bond donors (Lipinski definition) is 0. The molecular formula is C22H23NO3. The van der Waals surface area contributed by atoms with E-state index >= 15 is 0 Å². The Bertz CT molecular complexity index is 923. The van der Waals surface area contributed by atoms with Gasteiger partial charge in [-0.1, -0.05) is 35.9 Å². The molecule has 0 radical (unpaired) electrons. The highest BCUT2D eigenvalue weighted by Crippen LogP contribution is 2.30. The SMILES string of the molecule is COC(=O)c1cc(C)n(Cc2ccc(OC)cc2)c1-c1cccc(C)c1. The van der Waals surface area contributed by atoms with E-state index in [1.54, 1.807) is 7.11 Å². The number of aryl methyl sites for hydroxylation is 2. The van der Waals surface area contributed by atoms with Gasteiger partial charge in [-0.25, -0.2) is 4.79 Å². The summed E-state index contributed by atoms with van der Waals surface area (Å²) in [6, 6.07) is 18.0. The summed E-state index contributed by atoms with van der Waals surface area (Å²) < 4.78 is 12.4. The lowest BCUT2D eigenvalue weighted by Crippen LogP contribution is -2.07. The Morgan fingerprint density at radius 1 is 1.00 bits per heavy atom. The number of rotatable bonds is 5. The highest BCUT2D eigenvalue weighted by molar-refractivity contribution is 5.97. The van der Waals surface area contributed by atoms with E-state index in [9.17, 15) is 4.79 Å². The van der Waals surface area contributed by atoms with Crippen molar-refractivity contribution in [1.82, 2.24) is 4.57 Å². The van der Waals surface area contributed by atoms with Crippen LogP contribution in [0.2, 0.25) is 0 Å². The molecule has 2 aromatic carbocycles. The standard InChI is InChI=1S/C22H23NO3/c1-15-6-5-7-18(12-15)21-20(22(24)26-4)13-16(2)23(21)14-17-8-10-19(25-3)11-9-17/h5-13H,14H2,1-4H3. The van der Waals surface area contributed by atoms with Gasteiger partial charge in [0, 0.05) is 12.2 Å². The molecule has 0 aliphatic rings. The van der Waals surface area contributed by atoms with Gasteiger partial charge >= 0.3 is 5.97 Å². The van der Waals surface area contributed by atoms with E-state index in [2.05, 4.69) is 10.6 Å². The van der Waals surface area contributed by atoms with Crippen molar-refractivity contribution in [1.29, 1.82) is 0 Å². The topological polar surface area (TPSA) is 40.5 Å². The molecule has 0 unspecified atom stereocenters. The minimum absolute atomic E-state index is 0.321. The second kappa shape index (κ2) is 7.48. The van der Waals surface area contributed by atoms with Crippen LogP contribution in [0.3, 0.4) is 0 Å². The van der Waals surface area contributed by atoms with Gasteiger partial charge in [0.15, 0.2) is 0 Å². The first kappa shape index (κ1) is 17.8. The van der Waals surface area contributed by atoms with Gasteiger partial charge in [-0.05, 0) is 49.2 Å². The van der Waals surface area contributed by atoms with Crippen molar-refractivity contribution >= 4 is 5.97 Å². The Morgan fingerprint density at radius 3 is 2.35 bits per heavy atom. The minimum Gasteiger partial charge on any atom is -0.497 e. The van der Waals surface area contributed by atoms with E-state index in [0.717, 1.165) is 33.8 Å². The van der Waals surface area contributed by atoms with Gasteiger partial charge in [0.25, 0.3) is 0 Å². The Kier molecular flexibility index (Phi) is 5.12. The van der Waals surface area contributed by atoms with Crippen LogP contribution < -0.4 is 4.74 Å². The van der Waals surface area contributed by atoms with Crippen molar-refractivity contribution in [2.24, 2.45) is 0 Å². The van der Waals surface area contributed by atoms with Crippen LogP contribution >= 0.6 is 0 Å². The van der Waals surface area contributed by atoms with Crippen LogP contribution in [0, 0.1) is 13.8 Å². The fourth-order valence-electron chi connectivity index (χ4n) is 3.16. The number of aromatic nitrogens is 1. The molecule has 1 aromatic heterocycles. The Labute approximate surface area is 154 Å². The fourth-order valence-corrected chi connectivity index (χ4v) is 3.16. The monoisotopic (exact) mass is 349 g/mol. The van der Waals surface area contributed by atoms with Gasteiger partial charge in [0.05, 0.1) is 25.5 Å². The molecule has 134 valence electrons. The largest absolute Gasteiger partial charge is 0.497 e. The molecule has 3 rings (SSSR count). The van der Waals surface area contributed by atoms with E-state index in [1.165, 1.54) is 7.11 Å². The van der Waals surface area contributed by atoms with E-state index in [1.807, 2.05) is 62.4 Å². The summed E-state index contributed by atoms with van der Waals surface area (Å²) in [5, 5.41) is 0. The number of benzene rings is 2. The molecule has 0 atom stereocenters. The van der Waals surface area contributed by atoms with Gasteiger partial charge in [0.1, 0.15) is 5.75 Å². The third kappa shape index (κ3) is 3.49. The Hall–Kier alpha value is -3.01. The normalized spacial score (nSPS) is 10.6. The van der Waals surface area contributed by atoms with Crippen LogP contribution in [0.15, 0.2) is 54.6 Å². The number of hydrogen-bond acceptors (Lipinski definition) is 3. The zero-order valence-corrected chi connectivity index (χ0v) is 15.6. The Balaban J connectivity index is 2.11. The van der Waals surface area contributed by atoms with Crippen LogP contribution in [0.4, 0.5) is 0 Å². The van der Waals surface area contributed by atoms with Crippen molar-refractivity contribution in [3.63, 3.8) is 0 Å². The third-order valence-electron chi connectivity index (χ3n) is 4.50. The molecule has 3 aromatic rings. The van der Waals surface area contributed by atoms with Crippen LogP contribution in [0.5, 0.6) is 5.75 Å². The smallest absolute Gasteiger partial charge is 0.340 e. The molecule has 0 spiro atoms. The van der Waals surface area contributed by atoms with Gasteiger partial charge in [-0.2, -0.15) is 0 Å². The van der Waals surface area contributed by atoms with Crippen LogP contribution in [-0.4, -0.2) is 24.8 Å². The summed E-state index contributed by atoms with van der Waals surface area (Å²) >= 11 is 0. The van der Waals surface area contributed by atoms with Crippen LogP contribution in [-0.2, 0) is 11.3 Å². The van der Waals surface area contributed by atoms with E-state index in [-0.39, 0.29) is 5.97 Å². The second-order valence-corrected chi connectivity index (χ2v) is 6.34. The summed E-state index contributed by atoms with van der Waals surface area (Å²) in [6.07, 6.45) is 0. The number of carbonyl (C=O) groups is 1. The summed E-state index contributed by atoms with van der Waals surface area (Å²) in [5.41, 5.74) is 5.77. The van der Waals surface area contributed by atoms with Crippen LogP contribution in [0.1, 0.15) is 27.2 Å². The van der Waals surface area contributed by atoms with E-state index in [0.29, 0.717) is 12.1 Å². The summed E-state index contributed by atoms with van der Waals surface area (Å²) in [7, 11) is 3.07. The molecule has 1 heterocycles. The highest BCUT2D eigenvalue weighted by Gasteiger charge is 2.21. The zero-order valence-electron chi connectivity index (χ0n) is 15.6. The molecule has 0 saturated carbocycles. The lowest BCUT2D eigenvalue weighted by molar-refractivity contribution is 0.0601. The minimum atomic E-state index is -0.321. The molecule has 0 aliphatic carbocycles. The molecular weight excluding hydrogens is 326 g/mol. The first-order valence-electron chi connectivity index (χ1n) is 8.52. The summed E-state index contributed by atoms with van der Waals surface area (Å²) in [4.78, 5) is 12.3. The lowest BCUT2D eigenvalue weighted by atomic mass is 10.1. The van der Waals surface area contributed by atoms with Gasteiger partial charge in [-0.3, -0.25) is 0 Å². The number of nitrogens with zero attached hydrogens (tertiary/aromatic N) is 1. The average Bonchev–Trinajstić information content (AvgIpc) is 2.98. The molecule has 0 bridgehead atoms. The molecule has 0 amide bonds. The third-order valence-corrected chi connectivity index (χ3v) is 4.50. The first-order valence-corrected chi connectivity index (χ1v) is 8.52. The maximum atomic E-state index is 12.3. The van der Waals surface area contributed by atoms with Crippen molar-refractivity contribution in [2.75, 3.05) is 14.2 Å². The second-order valence-electron chi connectivity index (χ2n) is 6.34. The van der Waals surface area contributed by atoms with Gasteiger partial charge in [0.2, 0.25) is 0 Å². The van der Waals surface area contributed by atoms with Crippen molar-refractivity contribution in [3.05, 3.63) is 77.0 Å². The van der Waals surface area contributed by atoms with Crippen molar-refractivity contribution in [2.45, 2.75) is 20.4 Å². The molecule has 0 aliphatic heterocycles. The first-order chi connectivity index (χ1) is 12.5. The summed E-state index contributed by atoms with van der Waals surface area (Å²) in [6.45, 7) is 4.72. The van der Waals surface area contributed by atoms with Crippen molar-refractivity contribution in [3.8, 4) is 17.0 Å². The fraction of sp³-hybridized carbons (Fsp3) is 0.227. The number of methoxy groups -OCH3 is 2. The average molecular weight is 349 g/mol. The predicted molar refractivity (Wildman–Crippen MR) is 103 cm³/mol. The molecule has 0 N–H and O–H groups in total. The number of carbonyl (C=O) groups excluding carboxylic acids is 1. The lowest BCUT2D eigenvalue weighted by Gasteiger charge is -2.14. The quantitative estimate of drug-likeness (QED) is 0.631. The van der Waals surface area contributed by atoms with Gasteiger partial charge in [-0.15, -0.1) is 0 Å². The van der Waals surface area contributed by atoms with Crippen molar-refractivity contribution < 1.29 is 14.3 Å². The van der Waals surface area contributed by atoms with Gasteiger partial charge < -0.3 is 14.0 Å². The molecule has 26 heavy (non-hydrogen) atoms. The number of ether oxygens (including phenoxy) is 2. The Morgan fingerprint density at radius 2 is 1.73 bits per heavy atom. The predicted octanol–water partition coefficient (Wildman–Crippen LogP) is 4.62. The van der Waals surface area contributed by atoms with E-state index < -0.39 is 0 Å². The van der Waals surface area contributed by atoms with E-state index in [4.69, 9.17) is 9.47 Å². The molecule has 4 heteroatoms.